The van der Waals surface area contributed by atoms with Gasteiger partial charge in [-0.1, -0.05) is 60.3 Å². The Morgan fingerprint density at radius 3 is 2.30 bits per heavy atom. The number of hydrogen-bond donors (Lipinski definition) is 5. The molecule has 0 radical (unpaired) electrons. The van der Waals surface area contributed by atoms with Crippen molar-refractivity contribution in [1.29, 1.82) is 0 Å². The maximum absolute atomic E-state index is 13.1. The Morgan fingerprint density at radius 1 is 1.09 bits per heavy atom. The lowest BCUT2D eigenvalue weighted by molar-refractivity contribution is -0.140. The van der Waals surface area contributed by atoms with Gasteiger partial charge >= 0.3 is 5.97 Å². The van der Waals surface area contributed by atoms with Gasteiger partial charge in [-0.2, -0.15) is 0 Å². The number of carboxylic acid groups (broad SMARTS) is 1. The molecule has 6 N–H and O–H groups in total. The summed E-state index contributed by atoms with van der Waals surface area (Å²) >= 11 is 1.61. The maximum Gasteiger partial charge on any atom is 0.303 e. The number of aromatic nitrogens is 1. The number of carbonyl (C=O) groups excluding carboxylic acids is 2. The van der Waals surface area contributed by atoms with E-state index in [0.717, 1.165) is 81.2 Å². The van der Waals surface area contributed by atoms with Gasteiger partial charge in [-0.25, -0.2) is 4.98 Å². The normalized spacial score (nSPS) is 25.5. The number of amides is 1. The van der Waals surface area contributed by atoms with Crippen molar-refractivity contribution in [3.8, 4) is 0 Å². The SMILES string of the molecule is C/C(=C\c1csc(C)n1)[C@@H]1CCC(C)CCC[C@H](C)CC(C)C(=O)C(C)(C)C(O)CC(=O)N1.CO.NCCCCCC(=O)O. The van der Waals surface area contributed by atoms with E-state index < -0.39 is 17.5 Å². The van der Waals surface area contributed by atoms with Crippen LogP contribution < -0.4 is 11.1 Å². The zero-order valence-electron chi connectivity index (χ0n) is 28.5. The fourth-order valence-corrected chi connectivity index (χ4v) is 6.08. The number of aliphatic carboxylic acids is 1. The standard InChI is InChI=1S/C27H44N2O3S.C6H13NO2.CH4O/c1-17-9-8-10-18(2)13-20(4)26(32)27(6,7)24(30)15-25(31)29-23(12-11-17)19(3)14-22-16-33-21(5)28-22;7-5-3-1-2-4-6(8)9;1-2/h14,16-18,20,23-24,30H,8-13,15H2,1-7H3,(H,29,31);1-5,7H2,(H,8,9);2H,1H3/b19-14+;;/t17?,18-,20?,23-,24?;;/m0../s1. The Bertz CT molecular complexity index is 1010. The second kappa shape index (κ2) is 22.4. The van der Waals surface area contributed by atoms with Crippen molar-refractivity contribution in [2.75, 3.05) is 13.7 Å². The molecule has 2 rings (SSSR count). The van der Waals surface area contributed by atoms with Crippen molar-refractivity contribution < 1.29 is 29.7 Å². The van der Waals surface area contributed by atoms with Gasteiger partial charge in [0, 0.05) is 24.8 Å². The van der Waals surface area contributed by atoms with Crippen LogP contribution in [0.3, 0.4) is 0 Å². The number of rotatable bonds is 7. The second-order valence-electron chi connectivity index (χ2n) is 13.0. The topological polar surface area (TPSA) is 163 Å². The number of carboxylic acids is 1. The third-order valence-corrected chi connectivity index (χ3v) is 9.18. The van der Waals surface area contributed by atoms with E-state index in [1.807, 2.05) is 32.2 Å². The summed E-state index contributed by atoms with van der Waals surface area (Å²) in [6, 6.07) is -0.112. The molecule has 1 amide bonds. The number of carbonyl (C=O) groups is 3. The number of ketones is 1. The van der Waals surface area contributed by atoms with Crippen LogP contribution in [0.25, 0.3) is 6.08 Å². The highest BCUT2D eigenvalue weighted by atomic mass is 32.1. The number of nitrogens with zero attached hydrogens (tertiary/aromatic N) is 1. The van der Waals surface area contributed by atoms with Crippen LogP contribution in [0.2, 0.25) is 0 Å². The average molecular weight is 640 g/mol. The van der Waals surface area contributed by atoms with E-state index in [-0.39, 0.29) is 36.5 Å². The van der Waals surface area contributed by atoms with Crippen LogP contribution in [0, 0.1) is 30.1 Å². The van der Waals surface area contributed by atoms with Crippen molar-refractivity contribution in [2.24, 2.45) is 28.9 Å². The molecule has 0 aliphatic carbocycles. The lowest BCUT2D eigenvalue weighted by Gasteiger charge is -2.33. The van der Waals surface area contributed by atoms with E-state index in [1.54, 1.807) is 25.2 Å². The van der Waals surface area contributed by atoms with E-state index in [4.69, 9.17) is 15.9 Å². The Labute approximate surface area is 270 Å². The summed E-state index contributed by atoms with van der Waals surface area (Å²) < 4.78 is 0. The monoisotopic (exact) mass is 639 g/mol. The Hall–Kier alpha value is -2.14. The molecule has 254 valence electrons. The lowest BCUT2D eigenvalue weighted by atomic mass is 9.74. The minimum absolute atomic E-state index is 0.0432. The molecule has 1 aromatic heterocycles. The van der Waals surface area contributed by atoms with Gasteiger partial charge in [0.15, 0.2) is 0 Å². The fraction of sp³-hybridized carbons (Fsp3) is 0.765. The summed E-state index contributed by atoms with van der Waals surface area (Å²) in [6.07, 6.45) is 10.0. The molecule has 3 unspecified atom stereocenters. The molecule has 1 aliphatic heterocycles. The van der Waals surface area contributed by atoms with Crippen LogP contribution in [-0.4, -0.2) is 63.8 Å². The zero-order chi connectivity index (χ0) is 33.9. The summed E-state index contributed by atoms with van der Waals surface area (Å²) in [5.74, 6) is 0.0322. The number of nitrogens with one attached hydrogen (secondary N) is 1. The van der Waals surface area contributed by atoms with Gasteiger partial charge in [0.05, 0.1) is 34.7 Å². The highest BCUT2D eigenvalue weighted by molar-refractivity contribution is 7.09. The summed E-state index contributed by atoms with van der Waals surface area (Å²) in [4.78, 5) is 40.6. The first kappa shape index (κ1) is 41.9. The number of thiazole rings is 1. The van der Waals surface area contributed by atoms with Crippen molar-refractivity contribution in [3.63, 3.8) is 0 Å². The van der Waals surface area contributed by atoms with Crippen molar-refractivity contribution in [2.45, 2.75) is 131 Å². The average Bonchev–Trinajstić information content (AvgIpc) is 3.37. The molecule has 1 saturated heterocycles. The maximum atomic E-state index is 13.1. The van der Waals surface area contributed by atoms with Gasteiger partial charge in [0.1, 0.15) is 5.78 Å². The quantitative estimate of drug-likeness (QED) is 0.222. The number of unbranched alkanes of at least 4 members (excludes halogenated alkanes) is 2. The Morgan fingerprint density at radius 2 is 1.73 bits per heavy atom. The highest BCUT2D eigenvalue weighted by Crippen LogP contribution is 2.32. The molecule has 0 aromatic carbocycles. The van der Waals surface area contributed by atoms with Gasteiger partial charge in [-0.15, -0.1) is 11.3 Å². The van der Waals surface area contributed by atoms with Crippen molar-refractivity contribution in [1.82, 2.24) is 10.3 Å². The van der Waals surface area contributed by atoms with Crippen LogP contribution in [-0.2, 0) is 14.4 Å². The molecule has 5 atom stereocenters. The van der Waals surface area contributed by atoms with E-state index in [2.05, 4.69) is 24.1 Å². The molecule has 0 saturated carbocycles. The molecule has 1 fully saturated rings. The molecular formula is C34H61N3O6S. The number of aryl methyl sites for hydroxylation is 1. The second-order valence-corrected chi connectivity index (χ2v) is 14.0. The van der Waals surface area contributed by atoms with Crippen LogP contribution in [0.15, 0.2) is 11.0 Å². The van der Waals surface area contributed by atoms with Crippen molar-refractivity contribution >= 4 is 35.1 Å². The Kier molecular flexibility index (Phi) is 21.3. The summed E-state index contributed by atoms with van der Waals surface area (Å²) in [5.41, 5.74) is 6.22. The number of aliphatic hydroxyl groups excluding tert-OH is 2. The number of aliphatic hydroxyl groups is 2. The number of hydrogen-bond acceptors (Lipinski definition) is 8. The predicted molar refractivity (Wildman–Crippen MR) is 180 cm³/mol. The van der Waals surface area contributed by atoms with Crippen LogP contribution in [0.1, 0.15) is 123 Å². The third kappa shape index (κ3) is 16.8. The Balaban J connectivity index is 0.00000144. The fourth-order valence-electron chi connectivity index (χ4n) is 5.51. The third-order valence-electron chi connectivity index (χ3n) is 8.38. The van der Waals surface area contributed by atoms with Gasteiger partial charge in [-0.3, -0.25) is 14.4 Å². The molecular weight excluding hydrogens is 578 g/mol. The van der Waals surface area contributed by atoms with E-state index in [1.165, 1.54) is 0 Å². The van der Waals surface area contributed by atoms with E-state index >= 15 is 0 Å². The van der Waals surface area contributed by atoms with Crippen LogP contribution in [0.4, 0.5) is 0 Å². The minimum Gasteiger partial charge on any atom is -0.481 e. The highest BCUT2D eigenvalue weighted by Gasteiger charge is 2.39. The molecule has 10 heteroatoms. The first-order valence-corrected chi connectivity index (χ1v) is 17.0. The summed E-state index contributed by atoms with van der Waals surface area (Å²) in [7, 11) is 1.00. The minimum atomic E-state index is -1.01. The van der Waals surface area contributed by atoms with Crippen LogP contribution >= 0.6 is 11.3 Å². The first-order chi connectivity index (χ1) is 20.7. The molecule has 1 aromatic rings. The molecule has 9 nitrogen and oxygen atoms in total. The molecule has 0 bridgehead atoms. The smallest absolute Gasteiger partial charge is 0.303 e. The summed E-state index contributed by atoms with van der Waals surface area (Å²) in [5, 5.41) is 32.2. The molecule has 0 spiro atoms. The first-order valence-electron chi connectivity index (χ1n) is 16.2. The van der Waals surface area contributed by atoms with Gasteiger partial charge in [0.2, 0.25) is 5.91 Å². The van der Waals surface area contributed by atoms with E-state index in [0.29, 0.717) is 18.4 Å². The van der Waals surface area contributed by atoms with Gasteiger partial charge in [0.25, 0.3) is 0 Å². The van der Waals surface area contributed by atoms with Gasteiger partial charge < -0.3 is 26.4 Å². The lowest BCUT2D eigenvalue weighted by Crippen LogP contribution is -2.45. The van der Waals surface area contributed by atoms with Crippen LogP contribution in [0.5, 0.6) is 0 Å². The summed E-state index contributed by atoms with van der Waals surface area (Å²) in [6.45, 7) is 14.7. The molecule has 44 heavy (non-hydrogen) atoms. The van der Waals surface area contributed by atoms with Crippen molar-refractivity contribution in [3.05, 3.63) is 21.7 Å². The largest absolute Gasteiger partial charge is 0.481 e. The zero-order valence-corrected chi connectivity index (χ0v) is 29.3. The predicted octanol–water partition coefficient (Wildman–Crippen LogP) is 6.15. The number of Topliss-reactive ketones (excluding diaryl/α,β-unsaturated/α-hetero) is 1. The van der Waals surface area contributed by atoms with Gasteiger partial charge in [-0.05, 0) is 76.0 Å². The molecule has 2 heterocycles. The molecule has 1 aliphatic rings. The number of nitrogens with two attached hydrogens (primary N) is 1. The van der Waals surface area contributed by atoms with E-state index in [9.17, 15) is 19.5 Å².